The molecule has 0 amide bonds. The summed E-state index contributed by atoms with van der Waals surface area (Å²) in [6, 6.07) is 4.33. The zero-order valence-corrected chi connectivity index (χ0v) is 21.2. The normalized spacial score (nSPS) is 31.8. The van der Waals surface area contributed by atoms with Crippen LogP contribution in [0.1, 0.15) is 69.3 Å². The van der Waals surface area contributed by atoms with Crippen LogP contribution < -0.4 is 4.74 Å². The van der Waals surface area contributed by atoms with Crippen molar-refractivity contribution in [3.63, 3.8) is 0 Å². The molecule has 1 aliphatic heterocycles. The fourth-order valence-corrected chi connectivity index (χ4v) is 5.59. The van der Waals surface area contributed by atoms with Crippen molar-refractivity contribution in [3.8, 4) is 17.2 Å². The Labute approximate surface area is 222 Å². The number of ketones is 3. The molecule has 2 aromatic carbocycles. The Morgan fingerprint density at radius 1 is 1.00 bits per heavy atom. The standard InChI is InChI=1S/C27H28O12/c1-9-19(29)24(34)25(35)26(38-9)39-14-8-27(36,10(2)28)7-12-16(14)23(33)18-17(21(12)31)20(30)11-5-4-6-13(37-3)15(11)22(18)32/h4-6,9,14,19,24-26,29,31,33-36H,7-8H2,1-3H3/t9?,14-,19?,24?,25?,26?,27-/m0/s1. The van der Waals surface area contributed by atoms with E-state index < -0.39 is 95.2 Å². The lowest BCUT2D eigenvalue weighted by atomic mass is 9.72. The van der Waals surface area contributed by atoms with Gasteiger partial charge >= 0.3 is 0 Å². The summed E-state index contributed by atoms with van der Waals surface area (Å²) in [6.45, 7) is 2.54. The molecule has 208 valence electrons. The number of phenols is 2. The third kappa shape index (κ3) is 3.94. The van der Waals surface area contributed by atoms with Crippen molar-refractivity contribution in [2.45, 2.75) is 69.1 Å². The van der Waals surface area contributed by atoms with Crippen LogP contribution in [0, 0.1) is 0 Å². The smallest absolute Gasteiger partial charge is 0.202 e. The first kappa shape index (κ1) is 27.2. The zero-order valence-electron chi connectivity index (χ0n) is 21.2. The van der Waals surface area contributed by atoms with Gasteiger partial charge in [0.2, 0.25) is 5.78 Å². The van der Waals surface area contributed by atoms with Gasteiger partial charge < -0.3 is 44.8 Å². The SMILES string of the molecule is COc1cccc2c1C(=O)c1c(O)c3c(c(O)c1C2=O)C[C@@](O)(C(C)=O)C[C@@H]3OC1OC(C)C(O)C(O)C1O. The van der Waals surface area contributed by atoms with Gasteiger partial charge in [0.25, 0.3) is 0 Å². The molecule has 12 nitrogen and oxygen atoms in total. The van der Waals surface area contributed by atoms with Crippen molar-refractivity contribution in [2.75, 3.05) is 7.11 Å². The number of methoxy groups -OCH3 is 1. The van der Waals surface area contributed by atoms with Crippen LogP contribution in [0.4, 0.5) is 0 Å². The maximum absolute atomic E-state index is 13.6. The van der Waals surface area contributed by atoms with Gasteiger partial charge in [0, 0.05) is 29.5 Å². The molecular weight excluding hydrogens is 516 g/mol. The fourth-order valence-electron chi connectivity index (χ4n) is 5.59. The summed E-state index contributed by atoms with van der Waals surface area (Å²) in [5.41, 5.74) is -3.70. The van der Waals surface area contributed by atoms with Crippen LogP contribution >= 0.6 is 0 Å². The van der Waals surface area contributed by atoms with Gasteiger partial charge in [-0.25, -0.2) is 0 Å². The highest BCUT2D eigenvalue weighted by molar-refractivity contribution is 6.31. The van der Waals surface area contributed by atoms with Crippen molar-refractivity contribution in [1.29, 1.82) is 0 Å². The maximum Gasteiger partial charge on any atom is 0.202 e. The van der Waals surface area contributed by atoms with Crippen molar-refractivity contribution >= 4 is 17.3 Å². The highest BCUT2D eigenvalue weighted by Gasteiger charge is 2.50. The first-order valence-electron chi connectivity index (χ1n) is 12.3. The van der Waals surface area contributed by atoms with Gasteiger partial charge in [0.15, 0.2) is 17.9 Å². The molecular formula is C27H28O12. The molecule has 0 aromatic heterocycles. The van der Waals surface area contributed by atoms with E-state index in [4.69, 9.17) is 14.2 Å². The van der Waals surface area contributed by atoms with Crippen molar-refractivity contribution < 1.29 is 59.2 Å². The topological polar surface area (TPSA) is 200 Å². The Bertz CT molecular complexity index is 1400. The van der Waals surface area contributed by atoms with E-state index in [0.29, 0.717) is 0 Å². The van der Waals surface area contributed by atoms with E-state index in [0.717, 1.165) is 6.92 Å². The van der Waals surface area contributed by atoms with Crippen LogP contribution in [-0.4, -0.2) is 91.4 Å². The predicted molar refractivity (Wildman–Crippen MR) is 130 cm³/mol. The highest BCUT2D eigenvalue weighted by atomic mass is 16.7. The lowest BCUT2D eigenvalue weighted by Gasteiger charge is -2.43. The summed E-state index contributed by atoms with van der Waals surface area (Å²) >= 11 is 0. The molecule has 2 aliphatic carbocycles. The minimum Gasteiger partial charge on any atom is -0.507 e. The van der Waals surface area contributed by atoms with E-state index in [2.05, 4.69) is 0 Å². The lowest BCUT2D eigenvalue weighted by molar-refractivity contribution is -0.308. The summed E-state index contributed by atoms with van der Waals surface area (Å²) in [5, 5.41) is 64.7. The van der Waals surface area contributed by atoms with E-state index in [1.807, 2.05) is 0 Å². The van der Waals surface area contributed by atoms with E-state index in [1.165, 1.54) is 32.2 Å². The number of ether oxygens (including phenoxy) is 3. The summed E-state index contributed by atoms with van der Waals surface area (Å²) in [5.74, 6) is -3.65. The number of Topliss-reactive ketones (excluding diaryl/α,β-unsaturated/α-hetero) is 1. The fraction of sp³-hybridized carbons (Fsp3) is 0.444. The number of carbonyl (C=O) groups is 3. The molecule has 0 radical (unpaired) electrons. The maximum atomic E-state index is 13.6. The van der Waals surface area contributed by atoms with Crippen LogP contribution in [0.15, 0.2) is 18.2 Å². The molecule has 3 aliphatic rings. The van der Waals surface area contributed by atoms with Crippen LogP contribution in [0.5, 0.6) is 17.2 Å². The Hall–Kier alpha value is -3.39. The zero-order chi connectivity index (χ0) is 28.5. The van der Waals surface area contributed by atoms with Crippen LogP contribution in [0.3, 0.4) is 0 Å². The summed E-state index contributed by atoms with van der Waals surface area (Å²) < 4.78 is 16.6. The number of phenolic OH excluding ortho intramolecular Hbond substituents is 2. The number of rotatable bonds is 4. The molecule has 1 heterocycles. The average molecular weight is 545 g/mol. The third-order valence-electron chi connectivity index (χ3n) is 7.84. The number of hydrogen-bond acceptors (Lipinski definition) is 12. The second kappa shape index (κ2) is 9.37. The monoisotopic (exact) mass is 544 g/mol. The Morgan fingerprint density at radius 2 is 1.67 bits per heavy atom. The van der Waals surface area contributed by atoms with Crippen molar-refractivity contribution in [2.24, 2.45) is 0 Å². The van der Waals surface area contributed by atoms with Crippen LogP contribution in [0.2, 0.25) is 0 Å². The third-order valence-corrected chi connectivity index (χ3v) is 7.84. The first-order chi connectivity index (χ1) is 18.3. The van der Waals surface area contributed by atoms with Gasteiger partial charge in [0.1, 0.15) is 41.2 Å². The van der Waals surface area contributed by atoms with E-state index >= 15 is 0 Å². The predicted octanol–water partition coefficient (Wildman–Crippen LogP) is 0.0333. The molecule has 7 atom stereocenters. The van der Waals surface area contributed by atoms with Gasteiger partial charge in [-0.15, -0.1) is 0 Å². The molecule has 6 N–H and O–H groups in total. The summed E-state index contributed by atoms with van der Waals surface area (Å²) in [7, 11) is 1.31. The van der Waals surface area contributed by atoms with Crippen LogP contribution in [0.25, 0.3) is 0 Å². The van der Waals surface area contributed by atoms with E-state index in [1.54, 1.807) is 0 Å². The van der Waals surface area contributed by atoms with Gasteiger partial charge in [-0.2, -0.15) is 0 Å². The number of aromatic hydroxyl groups is 2. The minimum absolute atomic E-state index is 0.0628. The second-order valence-corrected chi connectivity index (χ2v) is 10.2. The largest absolute Gasteiger partial charge is 0.507 e. The van der Waals surface area contributed by atoms with Crippen molar-refractivity contribution in [3.05, 3.63) is 51.6 Å². The molecule has 5 rings (SSSR count). The lowest BCUT2D eigenvalue weighted by Crippen LogP contribution is -2.58. The Kier molecular flexibility index (Phi) is 6.53. The molecule has 5 unspecified atom stereocenters. The Morgan fingerprint density at radius 3 is 2.31 bits per heavy atom. The average Bonchev–Trinajstić information content (AvgIpc) is 2.90. The molecule has 1 saturated heterocycles. The highest BCUT2D eigenvalue weighted by Crippen LogP contribution is 2.52. The number of benzene rings is 2. The first-order valence-corrected chi connectivity index (χ1v) is 12.3. The molecule has 0 bridgehead atoms. The van der Waals surface area contributed by atoms with Gasteiger partial charge in [-0.1, -0.05) is 12.1 Å². The molecule has 0 saturated carbocycles. The molecule has 1 fully saturated rings. The molecule has 2 aromatic rings. The number of hydrogen-bond donors (Lipinski definition) is 6. The molecule has 39 heavy (non-hydrogen) atoms. The van der Waals surface area contributed by atoms with Crippen molar-refractivity contribution in [1.82, 2.24) is 0 Å². The minimum atomic E-state index is -2.12. The molecule has 0 spiro atoms. The number of aliphatic hydroxyl groups is 4. The number of aliphatic hydroxyl groups excluding tert-OH is 3. The van der Waals surface area contributed by atoms with Gasteiger partial charge in [-0.05, 0) is 19.9 Å². The van der Waals surface area contributed by atoms with Gasteiger partial charge in [0.05, 0.1) is 36.0 Å². The summed E-state index contributed by atoms with van der Waals surface area (Å²) in [4.78, 5) is 39.6. The number of carbonyl (C=O) groups excluding carboxylic acids is 3. The molecule has 12 heteroatoms. The van der Waals surface area contributed by atoms with Crippen LogP contribution in [-0.2, 0) is 20.7 Å². The Balaban J connectivity index is 1.70. The van der Waals surface area contributed by atoms with Gasteiger partial charge in [-0.3, -0.25) is 14.4 Å². The summed E-state index contributed by atoms with van der Waals surface area (Å²) in [6.07, 6.45) is -9.91. The second-order valence-electron chi connectivity index (χ2n) is 10.2. The van der Waals surface area contributed by atoms with E-state index in [9.17, 15) is 45.0 Å². The quantitative estimate of drug-likeness (QED) is 0.241. The number of fused-ring (bicyclic) bond motifs is 3. The van der Waals surface area contributed by atoms with E-state index in [-0.39, 0.29) is 28.0 Å².